The van der Waals surface area contributed by atoms with Crippen molar-refractivity contribution >= 4 is 5.69 Å². The summed E-state index contributed by atoms with van der Waals surface area (Å²) in [6, 6.07) is 17.5. The van der Waals surface area contributed by atoms with Crippen LogP contribution in [0.1, 0.15) is 43.2 Å². The lowest BCUT2D eigenvalue weighted by molar-refractivity contribution is 0.183. The number of anilines is 1. The van der Waals surface area contributed by atoms with Gasteiger partial charge in [0, 0.05) is 31.2 Å². The molecule has 0 radical (unpaired) electrons. The van der Waals surface area contributed by atoms with Crippen LogP contribution in [0.25, 0.3) is 0 Å². The lowest BCUT2D eigenvalue weighted by atomic mass is 10.0. The van der Waals surface area contributed by atoms with Gasteiger partial charge in [-0.3, -0.25) is 4.90 Å². The molecule has 2 heterocycles. The van der Waals surface area contributed by atoms with Crippen LogP contribution in [0, 0.1) is 0 Å². The first-order chi connectivity index (χ1) is 12.8. The molecule has 1 atom stereocenters. The average Bonchev–Trinajstić information content (AvgIpc) is 3.00. The van der Waals surface area contributed by atoms with E-state index in [-0.39, 0.29) is 0 Å². The smallest absolute Gasteiger partial charge is 0.119 e. The van der Waals surface area contributed by atoms with E-state index >= 15 is 0 Å². The van der Waals surface area contributed by atoms with Gasteiger partial charge in [-0.1, -0.05) is 43.7 Å². The molecule has 3 heteroatoms. The summed E-state index contributed by atoms with van der Waals surface area (Å²) in [6.45, 7) is 8.69. The predicted molar refractivity (Wildman–Crippen MR) is 108 cm³/mol. The fourth-order valence-corrected chi connectivity index (χ4v) is 4.26. The highest BCUT2D eigenvalue weighted by Crippen LogP contribution is 2.36. The minimum Gasteiger partial charge on any atom is -0.492 e. The Labute approximate surface area is 157 Å². The SMILES string of the molecule is CC1CN(Cc2ccc(OCCN3CCCCC3)cc2)c2ccccc21. The standard InChI is InChI=1S/C23H30N2O/c1-19-17-25(23-8-4-3-7-22(19)23)18-20-9-11-21(12-10-20)26-16-15-24-13-5-2-6-14-24/h3-4,7-12,19H,2,5-6,13-18H2,1H3. The number of hydrogen-bond donors (Lipinski definition) is 0. The van der Waals surface area contributed by atoms with Crippen molar-refractivity contribution in [2.24, 2.45) is 0 Å². The number of ether oxygens (including phenoxy) is 1. The third-order valence-electron chi connectivity index (χ3n) is 5.72. The van der Waals surface area contributed by atoms with Crippen LogP contribution < -0.4 is 9.64 Å². The van der Waals surface area contributed by atoms with Crippen molar-refractivity contribution in [3.05, 3.63) is 59.7 Å². The van der Waals surface area contributed by atoms with Crippen LogP contribution in [-0.4, -0.2) is 37.7 Å². The maximum atomic E-state index is 5.95. The van der Waals surface area contributed by atoms with Crippen LogP contribution in [0.5, 0.6) is 5.75 Å². The third-order valence-corrected chi connectivity index (χ3v) is 5.72. The Balaban J connectivity index is 1.29. The predicted octanol–water partition coefficient (Wildman–Crippen LogP) is 4.68. The summed E-state index contributed by atoms with van der Waals surface area (Å²) in [5, 5.41) is 0. The van der Waals surface area contributed by atoms with Gasteiger partial charge in [0.15, 0.2) is 0 Å². The van der Waals surface area contributed by atoms with Crippen LogP contribution in [0.3, 0.4) is 0 Å². The van der Waals surface area contributed by atoms with E-state index in [4.69, 9.17) is 4.74 Å². The molecule has 0 amide bonds. The summed E-state index contributed by atoms with van der Waals surface area (Å²) in [7, 11) is 0. The second kappa shape index (κ2) is 8.13. The van der Waals surface area contributed by atoms with Gasteiger partial charge in [0.05, 0.1) is 0 Å². The van der Waals surface area contributed by atoms with Crippen molar-refractivity contribution in [3.8, 4) is 5.75 Å². The Bertz CT molecular complexity index is 706. The molecule has 4 rings (SSSR count). The first kappa shape index (κ1) is 17.4. The van der Waals surface area contributed by atoms with Gasteiger partial charge in [0.25, 0.3) is 0 Å². The molecule has 2 aromatic carbocycles. The van der Waals surface area contributed by atoms with E-state index in [1.807, 2.05) is 0 Å². The number of benzene rings is 2. The highest BCUT2D eigenvalue weighted by molar-refractivity contribution is 5.60. The maximum Gasteiger partial charge on any atom is 0.119 e. The van der Waals surface area contributed by atoms with E-state index < -0.39 is 0 Å². The number of para-hydroxylation sites is 1. The van der Waals surface area contributed by atoms with Crippen molar-refractivity contribution in [2.75, 3.05) is 37.7 Å². The molecule has 0 spiro atoms. The molecule has 2 aliphatic rings. The van der Waals surface area contributed by atoms with Crippen LogP contribution in [0.4, 0.5) is 5.69 Å². The zero-order valence-electron chi connectivity index (χ0n) is 15.9. The summed E-state index contributed by atoms with van der Waals surface area (Å²) in [6.07, 6.45) is 4.07. The van der Waals surface area contributed by atoms with Gasteiger partial charge in [-0.15, -0.1) is 0 Å². The van der Waals surface area contributed by atoms with E-state index in [0.29, 0.717) is 5.92 Å². The highest BCUT2D eigenvalue weighted by Gasteiger charge is 2.24. The minimum atomic E-state index is 0.614. The van der Waals surface area contributed by atoms with Gasteiger partial charge in [0.1, 0.15) is 12.4 Å². The second-order valence-corrected chi connectivity index (χ2v) is 7.74. The monoisotopic (exact) mass is 350 g/mol. The van der Waals surface area contributed by atoms with Crippen LogP contribution in [0.2, 0.25) is 0 Å². The molecule has 1 saturated heterocycles. The molecule has 2 aliphatic heterocycles. The zero-order chi connectivity index (χ0) is 17.8. The third kappa shape index (κ3) is 4.04. The van der Waals surface area contributed by atoms with E-state index in [2.05, 4.69) is 65.3 Å². The van der Waals surface area contributed by atoms with Crippen LogP contribution in [-0.2, 0) is 6.54 Å². The molecule has 26 heavy (non-hydrogen) atoms. The van der Waals surface area contributed by atoms with Gasteiger partial charge < -0.3 is 9.64 Å². The number of hydrogen-bond acceptors (Lipinski definition) is 3. The minimum absolute atomic E-state index is 0.614. The van der Waals surface area contributed by atoms with Gasteiger partial charge in [-0.05, 0) is 55.3 Å². The zero-order valence-corrected chi connectivity index (χ0v) is 15.9. The van der Waals surface area contributed by atoms with E-state index in [1.165, 1.54) is 49.2 Å². The van der Waals surface area contributed by atoms with Crippen molar-refractivity contribution < 1.29 is 4.74 Å². The topological polar surface area (TPSA) is 15.7 Å². The Morgan fingerprint density at radius 1 is 0.962 bits per heavy atom. The normalized spacial score (nSPS) is 20.2. The second-order valence-electron chi connectivity index (χ2n) is 7.74. The van der Waals surface area contributed by atoms with Crippen molar-refractivity contribution in [2.45, 2.75) is 38.6 Å². The van der Waals surface area contributed by atoms with Crippen molar-refractivity contribution in [3.63, 3.8) is 0 Å². The van der Waals surface area contributed by atoms with E-state index in [1.54, 1.807) is 0 Å². The van der Waals surface area contributed by atoms with Gasteiger partial charge in [0.2, 0.25) is 0 Å². The molecule has 0 saturated carbocycles. The lowest BCUT2D eigenvalue weighted by Crippen LogP contribution is -2.33. The molecule has 0 bridgehead atoms. The molecule has 3 nitrogen and oxygen atoms in total. The fraction of sp³-hybridized carbons (Fsp3) is 0.478. The number of fused-ring (bicyclic) bond motifs is 1. The molecule has 138 valence electrons. The molecule has 0 aromatic heterocycles. The first-order valence-corrected chi connectivity index (χ1v) is 10.1. The molecule has 1 unspecified atom stereocenters. The van der Waals surface area contributed by atoms with Crippen molar-refractivity contribution in [1.29, 1.82) is 0 Å². The maximum absolute atomic E-state index is 5.95. The first-order valence-electron chi connectivity index (χ1n) is 10.1. The number of likely N-dealkylation sites (tertiary alicyclic amines) is 1. The van der Waals surface area contributed by atoms with E-state index in [0.717, 1.165) is 32.0 Å². The van der Waals surface area contributed by atoms with E-state index in [9.17, 15) is 0 Å². The summed E-state index contributed by atoms with van der Waals surface area (Å²) < 4.78 is 5.95. The number of nitrogens with zero attached hydrogens (tertiary/aromatic N) is 2. The molecular formula is C23H30N2O. The van der Waals surface area contributed by atoms with Crippen molar-refractivity contribution in [1.82, 2.24) is 4.90 Å². The summed E-state index contributed by atoms with van der Waals surface area (Å²) in [4.78, 5) is 5.01. The van der Waals surface area contributed by atoms with Gasteiger partial charge in [-0.2, -0.15) is 0 Å². The Morgan fingerprint density at radius 3 is 2.54 bits per heavy atom. The molecule has 0 aliphatic carbocycles. The van der Waals surface area contributed by atoms with Gasteiger partial charge >= 0.3 is 0 Å². The largest absolute Gasteiger partial charge is 0.492 e. The Morgan fingerprint density at radius 2 is 1.73 bits per heavy atom. The number of piperidine rings is 1. The quantitative estimate of drug-likeness (QED) is 0.753. The Hall–Kier alpha value is -2.00. The fourth-order valence-electron chi connectivity index (χ4n) is 4.26. The summed E-state index contributed by atoms with van der Waals surface area (Å²) in [5.41, 5.74) is 4.21. The molecule has 0 N–H and O–H groups in total. The van der Waals surface area contributed by atoms with Gasteiger partial charge in [-0.25, -0.2) is 0 Å². The Kier molecular flexibility index (Phi) is 5.45. The average molecular weight is 351 g/mol. The van der Waals surface area contributed by atoms with Crippen LogP contribution in [0.15, 0.2) is 48.5 Å². The lowest BCUT2D eigenvalue weighted by Gasteiger charge is -2.26. The number of rotatable bonds is 6. The summed E-state index contributed by atoms with van der Waals surface area (Å²) in [5.74, 6) is 1.60. The molecular weight excluding hydrogens is 320 g/mol. The van der Waals surface area contributed by atoms with Crippen LogP contribution >= 0.6 is 0 Å². The molecule has 1 fully saturated rings. The highest BCUT2D eigenvalue weighted by atomic mass is 16.5. The summed E-state index contributed by atoms with van der Waals surface area (Å²) >= 11 is 0. The molecule has 2 aromatic rings.